The van der Waals surface area contributed by atoms with E-state index in [4.69, 9.17) is 0 Å². The maximum absolute atomic E-state index is 13.1. The Morgan fingerprint density at radius 3 is 2.00 bits per heavy atom. The van der Waals surface area contributed by atoms with Crippen LogP contribution in [0.4, 0.5) is 0 Å². The van der Waals surface area contributed by atoms with Gasteiger partial charge in [-0.1, -0.05) is 27.2 Å². The van der Waals surface area contributed by atoms with Gasteiger partial charge in [0, 0.05) is 31.7 Å². The summed E-state index contributed by atoms with van der Waals surface area (Å²) in [5, 5.41) is 3.36. The van der Waals surface area contributed by atoms with Crippen LogP contribution in [0.25, 0.3) is 0 Å². The summed E-state index contributed by atoms with van der Waals surface area (Å²) in [5.41, 5.74) is 0. The second-order valence-corrected chi connectivity index (χ2v) is 7.61. The van der Waals surface area contributed by atoms with Gasteiger partial charge in [-0.05, 0) is 19.3 Å². The van der Waals surface area contributed by atoms with Gasteiger partial charge in [0.1, 0.15) is 0 Å². The average Bonchev–Trinajstić information content (AvgIpc) is 3.20. The standard InChI is InChI=1S/C12H26N3OP/c1-4-7-8-13-17(16,14-9-11(14)5-2)15-10-12(15)6-3/h11-12H,4-10H2,1-3H3,(H,13,16)/t11-,12-,14?,15?,17?/m1/s1. The Labute approximate surface area is 105 Å². The van der Waals surface area contributed by atoms with Crippen molar-refractivity contribution in [1.29, 1.82) is 0 Å². The first kappa shape index (κ1) is 13.5. The molecule has 2 aliphatic heterocycles. The Morgan fingerprint density at radius 1 is 1.12 bits per heavy atom. The lowest BCUT2D eigenvalue weighted by molar-refractivity contribution is 0.480. The van der Waals surface area contributed by atoms with Crippen LogP contribution < -0.4 is 5.09 Å². The zero-order valence-corrected chi connectivity index (χ0v) is 12.2. The van der Waals surface area contributed by atoms with Crippen molar-refractivity contribution >= 4 is 7.59 Å². The molecule has 5 heteroatoms. The fourth-order valence-electron chi connectivity index (χ4n) is 2.41. The largest absolute Gasteiger partial charge is 0.284 e. The molecule has 0 aromatic rings. The molecule has 100 valence electrons. The van der Waals surface area contributed by atoms with E-state index in [-0.39, 0.29) is 0 Å². The quantitative estimate of drug-likeness (QED) is 0.413. The van der Waals surface area contributed by atoms with Crippen LogP contribution in [0, 0.1) is 0 Å². The summed E-state index contributed by atoms with van der Waals surface area (Å²) < 4.78 is 17.5. The van der Waals surface area contributed by atoms with Crippen molar-refractivity contribution in [3.05, 3.63) is 0 Å². The number of unbranched alkanes of at least 4 members (excludes halogenated alkanes) is 1. The molecule has 0 spiro atoms. The van der Waals surface area contributed by atoms with Crippen LogP contribution in [-0.4, -0.2) is 41.1 Å². The van der Waals surface area contributed by atoms with Crippen molar-refractivity contribution < 1.29 is 4.57 Å². The highest BCUT2D eigenvalue weighted by molar-refractivity contribution is 7.57. The Morgan fingerprint density at radius 2 is 1.65 bits per heavy atom. The molecule has 2 aliphatic rings. The summed E-state index contributed by atoms with van der Waals surface area (Å²) in [7, 11) is -2.40. The van der Waals surface area contributed by atoms with Crippen LogP contribution in [0.1, 0.15) is 46.5 Å². The number of rotatable bonds is 8. The summed E-state index contributed by atoms with van der Waals surface area (Å²) in [6.45, 7) is 9.44. The van der Waals surface area contributed by atoms with E-state index in [1.54, 1.807) is 0 Å². The topological polar surface area (TPSA) is 35.1 Å². The van der Waals surface area contributed by atoms with Crippen LogP contribution in [0.5, 0.6) is 0 Å². The molecule has 4 atom stereocenters. The molecule has 2 unspecified atom stereocenters. The van der Waals surface area contributed by atoms with Crippen LogP contribution in [0.3, 0.4) is 0 Å². The summed E-state index contributed by atoms with van der Waals surface area (Å²) >= 11 is 0. The predicted octanol–water partition coefficient (Wildman–Crippen LogP) is 2.67. The number of hydrogen-bond acceptors (Lipinski definition) is 1. The van der Waals surface area contributed by atoms with Crippen molar-refractivity contribution in [2.75, 3.05) is 19.6 Å². The highest BCUT2D eigenvalue weighted by Gasteiger charge is 2.56. The maximum atomic E-state index is 13.1. The maximum Gasteiger partial charge on any atom is 0.284 e. The molecule has 0 aromatic heterocycles. The van der Waals surface area contributed by atoms with Crippen molar-refractivity contribution in [3.8, 4) is 0 Å². The van der Waals surface area contributed by atoms with Gasteiger partial charge in [0.25, 0.3) is 7.59 Å². The number of nitrogens with one attached hydrogen (secondary N) is 1. The molecule has 2 rings (SSSR count). The van der Waals surface area contributed by atoms with Crippen molar-refractivity contribution in [1.82, 2.24) is 14.4 Å². The zero-order chi connectivity index (χ0) is 12.5. The molecule has 0 saturated carbocycles. The van der Waals surface area contributed by atoms with Gasteiger partial charge in [-0.25, -0.2) is 14.4 Å². The van der Waals surface area contributed by atoms with E-state index in [0.717, 1.165) is 45.3 Å². The van der Waals surface area contributed by atoms with Crippen molar-refractivity contribution in [2.45, 2.75) is 58.5 Å². The van der Waals surface area contributed by atoms with Gasteiger partial charge in [-0.2, -0.15) is 0 Å². The van der Waals surface area contributed by atoms with Crippen LogP contribution in [0.2, 0.25) is 0 Å². The van der Waals surface area contributed by atoms with E-state index in [0.29, 0.717) is 12.1 Å². The number of hydrogen-bond donors (Lipinski definition) is 1. The van der Waals surface area contributed by atoms with Gasteiger partial charge in [-0.15, -0.1) is 0 Å². The normalized spacial score (nSPS) is 38.8. The van der Waals surface area contributed by atoms with Gasteiger partial charge in [-0.3, -0.25) is 4.57 Å². The molecule has 1 N–H and O–H groups in total. The fraction of sp³-hybridized carbons (Fsp3) is 1.00. The minimum atomic E-state index is -2.40. The molecule has 0 amide bonds. The number of nitrogens with zero attached hydrogens (tertiary/aromatic N) is 2. The van der Waals surface area contributed by atoms with Crippen LogP contribution in [0.15, 0.2) is 0 Å². The third-order valence-electron chi connectivity index (χ3n) is 3.86. The first-order valence-electron chi connectivity index (χ1n) is 7.06. The SMILES string of the molecule is CCCCNP(=O)(N1C[C@H]1CC)N1C[C@H]1CC. The molecule has 0 bridgehead atoms. The summed E-state index contributed by atoms with van der Waals surface area (Å²) in [4.78, 5) is 0. The molecule has 4 nitrogen and oxygen atoms in total. The summed E-state index contributed by atoms with van der Waals surface area (Å²) in [6, 6.07) is 1.10. The third-order valence-corrected chi connectivity index (χ3v) is 6.87. The van der Waals surface area contributed by atoms with E-state index >= 15 is 0 Å². The highest BCUT2D eigenvalue weighted by Crippen LogP contribution is 2.62. The molecule has 17 heavy (non-hydrogen) atoms. The Bertz CT molecular complexity index is 288. The smallest absolute Gasteiger partial charge is 0.270 e. The molecule has 2 heterocycles. The Balaban J connectivity index is 1.95. The van der Waals surface area contributed by atoms with Gasteiger partial charge >= 0.3 is 0 Å². The first-order chi connectivity index (χ1) is 8.17. The average molecular weight is 259 g/mol. The lowest BCUT2D eigenvalue weighted by Gasteiger charge is -2.23. The molecule has 2 fully saturated rings. The lowest BCUT2D eigenvalue weighted by atomic mass is 10.3. The molecular weight excluding hydrogens is 233 g/mol. The third kappa shape index (κ3) is 2.76. The summed E-state index contributed by atoms with van der Waals surface area (Å²) in [5.74, 6) is 0. The van der Waals surface area contributed by atoms with Gasteiger partial charge in [0.2, 0.25) is 0 Å². The van der Waals surface area contributed by atoms with E-state index in [1.807, 2.05) is 0 Å². The Hall–Kier alpha value is 0.110. The second kappa shape index (κ2) is 5.40. The van der Waals surface area contributed by atoms with Gasteiger partial charge in [0.15, 0.2) is 0 Å². The van der Waals surface area contributed by atoms with Gasteiger partial charge in [0.05, 0.1) is 0 Å². The molecule has 2 saturated heterocycles. The van der Waals surface area contributed by atoms with E-state index < -0.39 is 7.59 Å². The zero-order valence-electron chi connectivity index (χ0n) is 11.4. The van der Waals surface area contributed by atoms with Crippen LogP contribution >= 0.6 is 7.59 Å². The first-order valence-corrected chi connectivity index (χ1v) is 8.68. The van der Waals surface area contributed by atoms with E-state index in [1.165, 1.54) is 0 Å². The Kier molecular flexibility index (Phi) is 4.30. The minimum absolute atomic E-state index is 0.549. The minimum Gasteiger partial charge on any atom is -0.270 e. The molecule has 0 radical (unpaired) electrons. The molecule has 0 aliphatic carbocycles. The molecular formula is C12H26N3OP. The fourth-order valence-corrected chi connectivity index (χ4v) is 5.55. The lowest BCUT2D eigenvalue weighted by Crippen LogP contribution is -2.24. The molecule has 0 aromatic carbocycles. The van der Waals surface area contributed by atoms with E-state index in [2.05, 4.69) is 35.2 Å². The van der Waals surface area contributed by atoms with Crippen LogP contribution in [-0.2, 0) is 4.57 Å². The highest BCUT2D eigenvalue weighted by atomic mass is 31.2. The predicted molar refractivity (Wildman–Crippen MR) is 72.1 cm³/mol. The van der Waals surface area contributed by atoms with Gasteiger partial charge < -0.3 is 0 Å². The van der Waals surface area contributed by atoms with Crippen molar-refractivity contribution in [2.24, 2.45) is 0 Å². The second-order valence-electron chi connectivity index (χ2n) is 5.17. The summed E-state index contributed by atoms with van der Waals surface area (Å²) in [6.07, 6.45) is 4.49. The monoisotopic (exact) mass is 259 g/mol. The van der Waals surface area contributed by atoms with Crippen molar-refractivity contribution in [3.63, 3.8) is 0 Å². The van der Waals surface area contributed by atoms with E-state index in [9.17, 15) is 4.57 Å².